The number of aliphatic hydroxyl groups is 1. The molecule has 72 valence electrons. The molecule has 4 heteroatoms. The van der Waals surface area contributed by atoms with Gasteiger partial charge in [-0.05, 0) is 46.5 Å². The van der Waals surface area contributed by atoms with Crippen LogP contribution in [0.3, 0.4) is 0 Å². The molecule has 0 heterocycles. The van der Waals surface area contributed by atoms with Crippen molar-refractivity contribution >= 4 is 15.9 Å². The Morgan fingerprint density at radius 3 is 2.46 bits per heavy atom. The second-order valence-corrected chi connectivity index (χ2v) is 3.63. The summed E-state index contributed by atoms with van der Waals surface area (Å²) >= 11 is 3.12. The number of aryl methyl sites for hydroxylation is 1. The van der Waals surface area contributed by atoms with Crippen LogP contribution in [0, 0.1) is 0 Å². The van der Waals surface area contributed by atoms with Crippen LogP contribution >= 0.6 is 15.9 Å². The van der Waals surface area contributed by atoms with Crippen molar-refractivity contribution in [3.63, 3.8) is 0 Å². The minimum Gasteiger partial charge on any atom is -0.504 e. The standard InChI is InChI=1S/C9H11BrO3/c10-7-4-6(2-1-3-11)5-8(12)9(7)13/h4-5,11-13H,1-3H2. The van der Waals surface area contributed by atoms with Gasteiger partial charge in [0.1, 0.15) is 0 Å². The fraction of sp³-hybridized carbons (Fsp3) is 0.333. The maximum absolute atomic E-state index is 9.24. The number of halogens is 1. The molecule has 0 unspecified atom stereocenters. The lowest BCUT2D eigenvalue weighted by molar-refractivity contribution is 0.288. The lowest BCUT2D eigenvalue weighted by atomic mass is 10.1. The van der Waals surface area contributed by atoms with Crippen molar-refractivity contribution in [3.8, 4) is 11.5 Å². The molecule has 0 amide bonds. The Hall–Kier alpha value is -0.740. The van der Waals surface area contributed by atoms with Crippen LogP contribution in [-0.4, -0.2) is 21.9 Å². The van der Waals surface area contributed by atoms with Gasteiger partial charge in [0.25, 0.3) is 0 Å². The van der Waals surface area contributed by atoms with Crippen molar-refractivity contribution in [1.82, 2.24) is 0 Å². The summed E-state index contributed by atoms with van der Waals surface area (Å²) in [5.74, 6) is -0.282. The van der Waals surface area contributed by atoms with Crippen LogP contribution in [0.5, 0.6) is 11.5 Å². The summed E-state index contributed by atoms with van der Waals surface area (Å²) in [7, 11) is 0. The van der Waals surface area contributed by atoms with Gasteiger partial charge in [-0.3, -0.25) is 0 Å². The lowest BCUT2D eigenvalue weighted by Gasteiger charge is -2.04. The Balaban J connectivity index is 2.86. The molecule has 0 aliphatic carbocycles. The van der Waals surface area contributed by atoms with E-state index in [-0.39, 0.29) is 18.1 Å². The van der Waals surface area contributed by atoms with Crippen LogP contribution in [0.1, 0.15) is 12.0 Å². The van der Waals surface area contributed by atoms with Gasteiger partial charge in [0.05, 0.1) is 4.47 Å². The number of hydrogen-bond acceptors (Lipinski definition) is 3. The van der Waals surface area contributed by atoms with Gasteiger partial charge in [-0.2, -0.15) is 0 Å². The molecule has 3 nitrogen and oxygen atoms in total. The fourth-order valence-corrected chi connectivity index (χ4v) is 1.56. The van der Waals surface area contributed by atoms with Crippen LogP contribution in [0.15, 0.2) is 16.6 Å². The Kier molecular flexibility index (Phi) is 3.57. The summed E-state index contributed by atoms with van der Waals surface area (Å²) in [6.07, 6.45) is 1.33. The molecule has 0 aliphatic heterocycles. The first-order chi connectivity index (χ1) is 6.15. The van der Waals surface area contributed by atoms with E-state index in [0.29, 0.717) is 17.3 Å². The van der Waals surface area contributed by atoms with E-state index in [9.17, 15) is 10.2 Å². The van der Waals surface area contributed by atoms with Gasteiger partial charge in [0.2, 0.25) is 0 Å². The topological polar surface area (TPSA) is 60.7 Å². The Labute approximate surface area is 84.8 Å². The van der Waals surface area contributed by atoms with Gasteiger partial charge in [0, 0.05) is 6.61 Å². The number of hydrogen-bond donors (Lipinski definition) is 3. The summed E-state index contributed by atoms with van der Waals surface area (Å²) in [5.41, 5.74) is 0.885. The van der Waals surface area contributed by atoms with Crippen molar-refractivity contribution in [1.29, 1.82) is 0 Å². The predicted molar refractivity (Wildman–Crippen MR) is 52.9 cm³/mol. The third-order valence-electron chi connectivity index (χ3n) is 1.73. The number of phenols is 2. The van der Waals surface area contributed by atoms with E-state index in [1.807, 2.05) is 0 Å². The zero-order chi connectivity index (χ0) is 9.84. The third-order valence-corrected chi connectivity index (χ3v) is 2.33. The second kappa shape index (κ2) is 4.48. The highest BCUT2D eigenvalue weighted by Crippen LogP contribution is 2.34. The summed E-state index contributed by atoms with van der Waals surface area (Å²) in [6.45, 7) is 0.124. The van der Waals surface area contributed by atoms with E-state index in [0.717, 1.165) is 5.56 Å². The number of aliphatic hydroxyl groups excluding tert-OH is 1. The molecular weight excluding hydrogens is 236 g/mol. The van der Waals surface area contributed by atoms with Crippen molar-refractivity contribution in [3.05, 3.63) is 22.2 Å². The Morgan fingerprint density at radius 2 is 1.92 bits per heavy atom. The molecule has 1 rings (SSSR count). The van der Waals surface area contributed by atoms with Crippen molar-refractivity contribution < 1.29 is 15.3 Å². The first-order valence-corrected chi connectivity index (χ1v) is 4.75. The average molecular weight is 247 g/mol. The Bertz CT molecular complexity index is 276. The average Bonchev–Trinajstić information content (AvgIpc) is 2.10. The van der Waals surface area contributed by atoms with E-state index < -0.39 is 0 Å². The van der Waals surface area contributed by atoms with Crippen molar-refractivity contribution in [2.45, 2.75) is 12.8 Å². The SMILES string of the molecule is OCCCc1cc(O)c(O)c(Br)c1. The quantitative estimate of drug-likeness (QED) is 0.713. The molecule has 0 fully saturated rings. The molecule has 0 bridgehead atoms. The van der Waals surface area contributed by atoms with Crippen molar-refractivity contribution in [2.24, 2.45) is 0 Å². The summed E-state index contributed by atoms with van der Waals surface area (Å²) < 4.78 is 0.473. The molecule has 0 aromatic heterocycles. The molecule has 0 saturated heterocycles. The largest absolute Gasteiger partial charge is 0.504 e. The zero-order valence-electron chi connectivity index (χ0n) is 7.00. The summed E-state index contributed by atoms with van der Waals surface area (Å²) in [4.78, 5) is 0. The van der Waals surface area contributed by atoms with Gasteiger partial charge in [0.15, 0.2) is 11.5 Å². The smallest absolute Gasteiger partial charge is 0.171 e. The van der Waals surface area contributed by atoms with E-state index in [1.165, 1.54) is 6.07 Å². The highest BCUT2D eigenvalue weighted by Gasteiger charge is 2.06. The Morgan fingerprint density at radius 1 is 1.23 bits per heavy atom. The molecule has 1 aromatic rings. The highest BCUT2D eigenvalue weighted by atomic mass is 79.9. The van der Waals surface area contributed by atoms with Crippen LogP contribution in [-0.2, 0) is 6.42 Å². The van der Waals surface area contributed by atoms with Gasteiger partial charge in [-0.15, -0.1) is 0 Å². The molecule has 0 atom stereocenters. The number of phenolic OH excluding ortho intramolecular Hbond substituents is 2. The molecule has 0 saturated carbocycles. The third kappa shape index (κ3) is 2.60. The first-order valence-electron chi connectivity index (χ1n) is 3.96. The molecule has 0 spiro atoms. The van der Waals surface area contributed by atoms with Gasteiger partial charge < -0.3 is 15.3 Å². The molecule has 0 aliphatic rings. The van der Waals surface area contributed by atoms with Crippen LogP contribution < -0.4 is 0 Å². The molecule has 13 heavy (non-hydrogen) atoms. The first kappa shape index (κ1) is 10.3. The number of aromatic hydroxyl groups is 2. The molecule has 3 N–H and O–H groups in total. The van der Waals surface area contributed by atoms with Crippen LogP contribution in [0.25, 0.3) is 0 Å². The molecule has 1 aromatic carbocycles. The van der Waals surface area contributed by atoms with Crippen LogP contribution in [0.4, 0.5) is 0 Å². The van der Waals surface area contributed by atoms with Crippen LogP contribution in [0.2, 0.25) is 0 Å². The van der Waals surface area contributed by atoms with E-state index in [1.54, 1.807) is 6.07 Å². The van der Waals surface area contributed by atoms with Gasteiger partial charge in [-0.1, -0.05) is 0 Å². The molecule has 0 radical (unpaired) electrons. The number of benzene rings is 1. The minimum absolute atomic E-state index is 0.124. The lowest BCUT2D eigenvalue weighted by Crippen LogP contribution is -1.89. The van der Waals surface area contributed by atoms with E-state index in [2.05, 4.69) is 15.9 Å². The second-order valence-electron chi connectivity index (χ2n) is 2.77. The maximum Gasteiger partial charge on any atom is 0.171 e. The van der Waals surface area contributed by atoms with Crippen molar-refractivity contribution in [2.75, 3.05) is 6.61 Å². The predicted octanol–water partition coefficient (Wildman–Crippen LogP) is 1.79. The summed E-state index contributed by atoms with van der Waals surface area (Å²) in [5, 5.41) is 27.0. The van der Waals surface area contributed by atoms with Gasteiger partial charge >= 0.3 is 0 Å². The minimum atomic E-state index is -0.146. The fourth-order valence-electron chi connectivity index (χ4n) is 1.07. The van der Waals surface area contributed by atoms with E-state index in [4.69, 9.17) is 5.11 Å². The molecular formula is C9H11BrO3. The monoisotopic (exact) mass is 246 g/mol. The summed E-state index contributed by atoms with van der Waals surface area (Å²) in [6, 6.07) is 3.22. The normalized spacial score (nSPS) is 10.3. The van der Waals surface area contributed by atoms with E-state index >= 15 is 0 Å². The van der Waals surface area contributed by atoms with Gasteiger partial charge in [-0.25, -0.2) is 0 Å². The zero-order valence-corrected chi connectivity index (χ0v) is 8.58. The number of rotatable bonds is 3. The highest BCUT2D eigenvalue weighted by molar-refractivity contribution is 9.10. The maximum atomic E-state index is 9.24.